The van der Waals surface area contributed by atoms with Crippen LogP contribution in [0.5, 0.6) is 0 Å². The smallest absolute Gasteiger partial charge is 0.264 e. The fraction of sp³-hybridized carbons (Fsp3) is 0.684. The monoisotopic (exact) mass is 402 g/mol. The van der Waals surface area contributed by atoms with Gasteiger partial charge in [0.05, 0.1) is 25.6 Å². The summed E-state index contributed by atoms with van der Waals surface area (Å²) in [6.07, 6.45) is 2.54. The predicted molar refractivity (Wildman–Crippen MR) is 108 cm³/mol. The summed E-state index contributed by atoms with van der Waals surface area (Å²) in [5.74, 6) is 0. The van der Waals surface area contributed by atoms with Crippen molar-refractivity contribution in [3.8, 4) is 0 Å². The van der Waals surface area contributed by atoms with Gasteiger partial charge in [-0.05, 0) is 36.5 Å². The number of hydrogen-bond acceptors (Lipinski definition) is 5. The summed E-state index contributed by atoms with van der Waals surface area (Å²) >= 11 is 0. The maximum Gasteiger partial charge on any atom is 0.264 e. The fourth-order valence-electron chi connectivity index (χ4n) is 2.18. The lowest BCUT2D eigenvalue weighted by Crippen LogP contribution is -2.41. The predicted octanol–water partition coefficient (Wildman–Crippen LogP) is 4.00. The standard InChI is InChI=1S/C19H34O5SSi/c1-19(2,3)26(5,6)24-13-12-18(16-17-10-8-7-9-11-17)22-14-15-23-25(4,20)21/h7-11,18H,12-16H2,1-6H3. The van der Waals surface area contributed by atoms with Crippen molar-refractivity contribution in [3.63, 3.8) is 0 Å². The van der Waals surface area contributed by atoms with Crippen LogP contribution in [-0.4, -0.2) is 48.9 Å². The lowest BCUT2D eigenvalue weighted by Gasteiger charge is -2.36. The van der Waals surface area contributed by atoms with Crippen LogP contribution in [0.15, 0.2) is 30.3 Å². The summed E-state index contributed by atoms with van der Waals surface area (Å²) < 4.78 is 39.0. The van der Waals surface area contributed by atoms with E-state index in [9.17, 15) is 8.42 Å². The first kappa shape index (κ1) is 23.3. The zero-order valence-corrected chi connectivity index (χ0v) is 18.8. The third-order valence-corrected chi connectivity index (χ3v) is 9.88. The van der Waals surface area contributed by atoms with E-state index in [2.05, 4.69) is 46.0 Å². The minimum Gasteiger partial charge on any atom is -0.417 e. The second-order valence-electron chi connectivity index (χ2n) is 8.11. The number of hydrogen-bond donors (Lipinski definition) is 0. The van der Waals surface area contributed by atoms with Gasteiger partial charge in [0.2, 0.25) is 0 Å². The minimum absolute atomic E-state index is 0.0349. The second-order valence-corrected chi connectivity index (χ2v) is 14.6. The molecule has 150 valence electrons. The molecule has 0 saturated carbocycles. The fourth-order valence-corrected chi connectivity index (χ4v) is 3.62. The van der Waals surface area contributed by atoms with E-state index in [1.165, 1.54) is 5.56 Å². The van der Waals surface area contributed by atoms with Gasteiger partial charge in [-0.25, -0.2) is 0 Å². The largest absolute Gasteiger partial charge is 0.417 e. The van der Waals surface area contributed by atoms with Crippen LogP contribution in [0.1, 0.15) is 32.8 Å². The van der Waals surface area contributed by atoms with E-state index in [1.54, 1.807) is 0 Å². The van der Waals surface area contributed by atoms with Crippen LogP contribution in [0.25, 0.3) is 0 Å². The van der Waals surface area contributed by atoms with E-state index in [0.717, 1.165) is 19.1 Å². The number of rotatable bonds is 11. The SMILES string of the molecule is CC(C)(C)[Si](C)(C)OCCC(Cc1ccccc1)OCCOS(C)(=O)=O. The van der Waals surface area contributed by atoms with Crippen molar-refractivity contribution in [1.29, 1.82) is 0 Å². The normalized spacial score (nSPS) is 14.4. The third-order valence-electron chi connectivity index (χ3n) is 4.75. The molecule has 1 unspecified atom stereocenters. The molecule has 0 amide bonds. The highest BCUT2D eigenvalue weighted by atomic mass is 32.2. The first-order chi connectivity index (χ1) is 11.9. The summed E-state index contributed by atoms with van der Waals surface area (Å²) in [7, 11) is -5.22. The van der Waals surface area contributed by atoms with E-state index in [1.807, 2.05) is 18.2 Å². The first-order valence-electron chi connectivity index (χ1n) is 9.04. The summed E-state index contributed by atoms with van der Waals surface area (Å²) in [4.78, 5) is 0. The molecule has 0 aromatic heterocycles. The van der Waals surface area contributed by atoms with E-state index in [4.69, 9.17) is 13.3 Å². The van der Waals surface area contributed by atoms with Crippen LogP contribution in [0, 0.1) is 0 Å². The summed E-state index contributed by atoms with van der Waals surface area (Å²) in [6.45, 7) is 12.1. The highest BCUT2D eigenvalue weighted by Gasteiger charge is 2.37. The Hall–Kier alpha value is -0.733. The molecule has 0 aliphatic rings. The Morgan fingerprint density at radius 1 is 1.04 bits per heavy atom. The minimum atomic E-state index is -3.43. The van der Waals surface area contributed by atoms with Gasteiger partial charge >= 0.3 is 0 Å². The molecule has 1 aromatic carbocycles. The van der Waals surface area contributed by atoms with Crippen molar-refractivity contribution < 1.29 is 21.8 Å². The van der Waals surface area contributed by atoms with E-state index in [-0.39, 0.29) is 24.4 Å². The maximum absolute atomic E-state index is 11.1. The Kier molecular flexibility index (Phi) is 8.95. The Bertz CT molecular complexity index is 623. The molecule has 0 saturated heterocycles. The van der Waals surface area contributed by atoms with Gasteiger partial charge in [-0.3, -0.25) is 4.18 Å². The first-order valence-corrected chi connectivity index (χ1v) is 13.8. The Labute approximate surface area is 160 Å². The van der Waals surface area contributed by atoms with Gasteiger partial charge in [0.15, 0.2) is 8.32 Å². The molecule has 1 rings (SSSR count). The van der Waals surface area contributed by atoms with Crippen molar-refractivity contribution in [2.75, 3.05) is 26.1 Å². The van der Waals surface area contributed by atoms with Crippen LogP contribution >= 0.6 is 0 Å². The quantitative estimate of drug-likeness (QED) is 0.318. The highest BCUT2D eigenvalue weighted by Crippen LogP contribution is 2.36. The molecule has 0 N–H and O–H groups in total. The Balaban J connectivity index is 2.57. The van der Waals surface area contributed by atoms with Gasteiger partial charge < -0.3 is 9.16 Å². The average Bonchev–Trinajstić information content (AvgIpc) is 2.50. The molecule has 0 bridgehead atoms. The summed E-state index contributed by atoms with van der Waals surface area (Å²) in [5.41, 5.74) is 1.19. The summed E-state index contributed by atoms with van der Waals surface area (Å²) in [5, 5.41) is 0.173. The molecule has 26 heavy (non-hydrogen) atoms. The number of ether oxygens (including phenoxy) is 1. The van der Waals surface area contributed by atoms with E-state index in [0.29, 0.717) is 6.61 Å². The van der Waals surface area contributed by atoms with Crippen molar-refractivity contribution >= 4 is 18.4 Å². The molecule has 5 nitrogen and oxygen atoms in total. The van der Waals surface area contributed by atoms with Crippen LogP contribution in [0.2, 0.25) is 18.1 Å². The molecular formula is C19H34O5SSi. The van der Waals surface area contributed by atoms with Crippen LogP contribution < -0.4 is 0 Å². The average molecular weight is 403 g/mol. The van der Waals surface area contributed by atoms with Crippen molar-refractivity contribution in [1.82, 2.24) is 0 Å². The van der Waals surface area contributed by atoms with Gasteiger partial charge in [0, 0.05) is 6.61 Å². The summed E-state index contributed by atoms with van der Waals surface area (Å²) in [6, 6.07) is 10.1. The maximum atomic E-state index is 11.1. The Morgan fingerprint density at radius 2 is 1.65 bits per heavy atom. The molecule has 0 spiro atoms. The zero-order valence-electron chi connectivity index (χ0n) is 16.9. The van der Waals surface area contributed by atoms with Gasteiger partial charge in [-0.15, -0.1) is 0 Å². The van der Waals surface area contributed by atoms with Gasteiger partial charge in [0.1, 0.15) is 0 Å². The van der Waals surface area contributed by atoms with Gasteiger partial charge in [0.25, 0.3) is 10.1 Å². The molecule has 0 heterocycles. The molecule has 0 aliphatic heterocycles. The molecule has 0 fully saturated rings. The molecule has 0 radical (unpaired) electrons. The number of benzene rings is 1. The molecule has 1 atom stereocenters. The van der Waals surface area contributed by atoms with E-state index < -0.39 is 18.4 Å². The van der Waals surface area contributed by atoms with Crippen molar-refractivity contribution in [3.05, 3.63) is 35.9 Å². The van der Waals surface area contributed by atoms with Crippen LogP contribution in [-0.2, 0) is 29.9 Å². The van der Waals surface area contributed by atoms with Crippen molar-refractivity contribution in [2.24, 2.45) is 0 Å². The molecule has 7 heteroatoms. The second kappa shape index (κ2) is 9.99. The highest BCUT2D eigenvalue weighted by molar-refractivity contribution is 7.85. The third kappa shape index (κ3) is 9.28. The van der Waals surface area contributed by atoms with Gasteiger partial charge in [-0.1, -0.05) is 51.1 Å². The lowest BCUT2D eigenvalue weighted by molar-refractivity contribution is 0.0219. The van der Waals surface area contributed by atoms with E-state index >= 15 is 0 Å². The van der Waals surface area contributed by atoms with Gasteiger partial charge in [-0.2, -0.15) is 8.42 Å². The van der Waals surface area contributed by atoms with Crippen LogP contribution in [0.4, 0.5) is 0 Å². The van der Waals surface area contributed by atoms with Crippen molar-refractivity contribution in [2.45, 2.75) is 57.8 Å². The molecule has 0 aliphatic carbocycles. The van der Waals surface area contributed by atoms with Crippen LogP contribution in [0.3, 0.4) is 0 Å². The topological polar surface area (TPSA) is 61.8 Å². The molecule has 1 aromatic rings. The lowest BCUT2D eigenvalue weighted by atomic mass is 10.1. The Morgan fingerprint density at radius 3 is 2.19 bits per heavy atom. The zero-order chi connectivity index (χ0) is 19.8. The molecular weight excluding hydrogens is 368 g/mol.